The lowest BCUT2D eigenvalue weighted by Crippen LogP contribution is -2.32. The Morgan fingerprint density at radius 2 is 2.03 bits per heavy atom. The zero-order chi connectivity index (χ0) is 21.6. The number of H-pyrrole nitrogens is 1. The molecule has 2 fully saturated rings. The van der Waals surface area contributed by atoms with Gasteiger partial charge in [0.25, 0.3) is 5.92 Å². The highest BCUT2D eigenvalue weighted by atomic mass is 19.3. The quantitative estimate of drug-likeness (QED) is 0.613. The van der Waals surface area contributed by atoms with Gasteiger partial charge in [0.05, 0.1) is 13.0 Å². The number of alkyl halides is 2. The summed E-state index contributed by atoms with van der Waals surface area (Å²) in [6.45, 7) is -0.396. The van der Waals surface area contributed by atoms with E-state index >= 15 is 0 Å². The van der Waals surface area contributed by atoms with Crippen LogP contribution in [-0.4, -0.2) is 52.2 Å². The zero-order valence-electron chi connectivity index (χ0n) is 16.9. The van der Waals surface area contributed by atoms with Crippen LogP contribution in [-0.2, 0) is 16.0 Å². The molecule has 5 rings (SSSR count). The van der Waals surface area contributed by atoms with Crippen LogP contribution in [0.5, 0.6) is 0 Å². The molecule has 1 aliphatic carbocycles. The molecule has 3 aromatic rings. The Hall–Kier alpha value is -3.29. The number of nitrogens with one attached hydrogen (secondary N) is 1. The van der Waals surface area contributed by atoms with Crippen molar-refractivity contribution in [3.63, 3.8) is 0 Å². The highest BCUT2D eigenvalue weighted by Gasteiger charge is 2.40. The van der Waals surface area contributed by atoms with Crippen molar-refractivity contribution in [3.8, 4) is 11.1 Å². The van der Waals surface area contributed by atoms with Crippen LogP contribution in [0.25, 0.3) is 22.2 Å². The smallest absolute Gasteiger partial charge is 0.267 e. The SMILES string of the molecule is O=CN(c1cc(-c2ccc(CC(=O)N3CCC(F)(F)C3)cc2)c2cc[nH]c2n1)C1CC1. The van der Waals surface area contributed by atoms with Crippen molar-refractivity contribution in [2.24, 2.45) is 0 Å². The summed E-state index contributed by atoms with van der Waals surface area (Å²) >= 11 is 0. The summed E-state index contributed by atoms with van der Waals surface area (Å²) in [6, 6.07) is 11.6. The molecule has 160 valence electrons. The Labute approximate surface area is 177 Å². The molecule has 0 spiro atoms. The molecule has 3 heterocycles. The van der Waals surface area contributed by atoms with Crippen molar-refractivity contribution in [2.45, 2.75) is 37.6 Å². The van der Waals surface area contributed by atoms with Gasteiger partial charge >= 0.3 is 0 Å². The predicted octanol–water partition coefficient (Wildman–Crippen LogP) is 3.77. The van der Waals surface area contributed by atoms with Gasteiger partial charge in [0.2, 0.25) is 12.3 Å². The molecule has 0 bridgehead atoms. The van der Waals surface area contributed by atoms with Crippen LogP contribution < -0.4 is 4.90 Å². The highest BCUT2D eigenvalue weighted by molar-refractivity contribution is 5.96. The molecule has 1 aromatic carbocycles. The summed E-state index contributed by atoms with van der Waals surface area (Å²) in [4.78, 5) is 34.6. The van der Waals surface area contributed by atoms with E-state index in [1.807, 2.05) is 42.6 Å². The first-order chi connectivity index (χ1) is 14.9. The number of amides is 2. The van der Waals surface area contributed by atoms with Gasteiger partial charge in [-0.05, 0) is 41.7 Å². The Morgan fingerprint density at radius 3 is 2.68 bits per heavy atom. The van der Waals surface area contributed by atoms with Gasteiger partial charge in [-0.3, -0.25) is 14.5 Å². The number of carbonyl (C=O) groups excluding carboxylic acids is 2. The third kappa shape index (κ3) is 3.89. The van der Waals surface area contributed by atoms with E-state index in [1.54, 1.807) is 4.90 Å². The maximum atomic E-state index is 13.4. The second-order valence-electron chi connectivity index (χ2n) is 8.31. The Morgan fingerprint density at radius 1 is 1.26 bits per heavy atom. The molecule has 0 unspecified atom stereocenters. The maximum absolute atomic E-state index is 13.4. The number of fused-ring (bicyclic) bond motifs is 1. The van der Waals surface area contributed by atoms with Gasteiger partial charge in [-0.2, -0.15) is 0 Å². The van der Waals surface area contributed by atoms with Gasteiger partial charge in [0.15, 0.2) is 0 Å². The molecule has 2 aliphatic rings. The Balaban J connectivity index is 1.40. The van der Waals surface area contributed by atoms with Crippen molar-refractivity contribution in [2.75, 3.05) is 18.0 Å². The summed E-state index contributed by atoms with van der Waals surface area (Å²) in [7, 11) is 0. The van der Waals surface area contributed by atoms with Crippen LogP contribution in [0.2, 0.25) is 0 Å². The summed E-state index contributed by atoms with van der Waals surface area (Å²) in [5.74, 6) is -2.46. The molecule has 8 heteroatoms. The zero-order valence-corrected chi connectivity index (χ0v) is 16.9. The third-order valence-electron chi connectivity index (χ3n) is 5.98. The Kier molecular flexibility index (Phi) is 4.72. The first-order valence-electron chi connectivity index (χ1n) is 10.4. The van der Waals surface area contributed by atoms with E-state index in [-0.39, 0.29) is 31.3 Å². The molecule has 31 heavy (non-hydrogen) atoms. The molecule has 1 aliphatic heterocycles. The fraction of sp³-hybridized carbons (Fsp3) is 0.348. The van der Waals surface area contributed by atoms with Crippen LogP contribution in [0.3, 0.4) is 0 Å². The molecule has 0 radical (unpaired) electrons. The minimum absolute atomic E-state index is 0.0954. The standard InChI is InChI=1S/C23H22F2N4O2/c24-23(25)8-10-28(13-23)21(31)11-15-1-3-16(4-2-15)19-12-20(29(14-30)17-5-6-17)27-22-18(19)7-9-26-22/h1-4,7,9,12,14,17H,5-6,8,10-11,13H2,(H,26,27). The molecule has 2 aromatic heterocycles. The number of aromatic amines is 1. The molecular weight excluding hydrogens is 402 g/mol. The van der Waals surface area contributed by atoms with Crippen molar-refractivity contribution >= 4 is 29.2 Å². The van der Waals surface area contributed by atoms with Gasteiger partial charge < -0.3 is 9.88 Å². The second kappa shape index (κ2) is 7.44. The van der Waals surface area contributed by atoms with E-state index in [2.05, 4.69) is 9.97 Å². The van der Waals surface area contributed by atoms with E-state index in [0.717, 1.165) is 41.3 Å². The topological polar surface area (TPSA) is 69.3 Å². The number of anilines is 1. The van der Waals surface area contributed by atoms with Crippen molar-refractivity contribution in [3.05, 3.63) is 48.2 Å². The number of hydrogen-bond acceptors (Lipinski definition) is 3. The summed E-state index contributed by atoms with van der Waals surface area (Å²) in [5, 5.41) is 0.938. The average molecular weight is 424 g/mol. The van der Waals surface area contributed by atoms with Crippen LogP contribution in [0.1, 0.15) is 24.8 Å². The van der Waals surface area contributed by atoms with E-state index < -0.39 is 12.5 Å². The molecule has 6 nitrogen and oxygen atoms in total. The summed E-state index contributed by atoms with van der Waals surface area (Å²) in [5.41, 5.74) is 3.34. The van der Waals surface area contributed by atoms with Crippen LogP contribution in [0.15, 0.2) is 42.6 Å². The maximum Gasteiger partial charge on any atom is 0.267 e. The fourth-order valence-corrected chi connectivity index (χ4v) is 4.11. The third-order valence-corrected chi connectivity index (χ3v) is 5.98. The number of aromatic nitrogens is 2. The van der Waals surface area contributed by atoms with E-state index in [0.29, 0.717) is 11.5 Å². The first kappa shape index (κ1) is 19.7. The lowest BCUT2D eigenvalue weighted by molar-refractivity contribution is -0.130. The number of pyridine rings is 1. The lowest BCUT2D eigenvalue weighted by atomic mass is 10.0. The van der Waals surface area contributed by atoms with E-state index in [9.17, 15) is 18.4 Å². The molecule has 1 saturated heterocycles. The van der Waals surface area contributed by atoms with Crippen LogP contribution in [0.4, 0.5) is 14.6 Å². The number of halogens is 2. The molecular formula is C23H22F2N4O2. The molecule has 2 amide bonds. The van der Waals surface area contributed by atoms with Gasteiger partial charge in [-0.25, -0.2) is 13.8 Å². The number of hydrogen-bond donors (Lipinski definition) is 1. The Bertz CT molecular complexity index is 1140. The van der Waals surface area contributed by atoms with E-state index in [4.69, 9.17) is 0 Å². The average Bonchev–Trinajstić information content (AvgIpc) is 3.34. The number of nitrogens with zero attached hydrogens (tertiary/aromatic N) is 3. The van der Waals surface area contributed by atoms with E-state index in [1.165, 1.54) is 4.90 Å². The van der Waals surface area contributed by atoms with Gasteiger partial charge in [0, 0.05) is 30.6 Å². The lowest BCUT2D eigenvalue weighted by Gasteiger charge is -2.17. The second-order valence-corrected chi connectivity index (χ2v) is 8.31. The van der Waals surface area contributed by atoms with Gasteiger partial charge in [0.1, 0.15) is 11.5 Å². The first-order valence-corrected chi connectivity index (χ1v) is 10.4. The molecule has 1 saturated carbocycles. The summed E-state index contributed by atoms with van der Waals surface area (Å²) < 4.78 is 26.8. The fourth-order valence-electron chi connectivity index (χ4n) is 4.11. The van der Waals surface area contributed by atoms with Gasteiger partial charge in [-0.15, -0.1) is 0 Å². The minimum Gasteiger partial charge on any atom is -0.346 e. The van der Waals surface area contributed by atoms with Crippen molar-refractivity contribution in [1.29, 1.82) is 0 Å². The largest absolute Gasteiger partial charge is 0.346 e. The highest BCUT2D eigenvalue weighted by Crippen LogP contribution is 2.35. The number of likely N-dealkylation sites (tertiary alicyclic amines) is 1. The van der Waals surface area contributed by atoms with Gasteiger partial charge in [-0.1, -0.05) is 24.3 Å². The number of carbonyl (C=O) groups is 2. The van der Waals surface area contributed by atoms with Crippen molar-refractivity contribution < 1.29 is 18.4 Å². The number of benzene rings is 1. The summed E-state index contributed by atoms with van der Waals surface area (Å²) in [6.07, 6.45) is 4.42. The van der Waals surface area contributed by atoms with Crippen LogP contribution in [0, 0.1) is 0 Å². The molecule has 1 N–H and O–H groups in total. The van der Waals surface area contributed by atoms with Crippen molar-refractivity contribution in [1.82, 2.24) is 14.9 Å². The normalized spacial score (nSPS) is 17.8. The minimum atomic E-state index is -2.78. The predicted molar refractivity (Wildman–Crippen MR) is 113 cm³/mol. The monoisotopic (exact) mass is 424 g/mol. The number of rotatable bonds is 6. The molecule has 0 atom stereocenters. The van der Waals surface area contributed by atoms with Crippen LogP contribution >= 0.6 is 0 Å².